The fourth-order valence-corrected chi connectivity index (χ4v) is 0.947. The summed E-state index contributed by atoms with van der Waals surface area (Å²) >= 11 is 0. The zero-order valence-corrected chi connectivity index (χ0v) is 6.10. The predicted molar refractivity (Wildman–Crippen MR) is 44.0 cm³/mol. The number of fused-ring (bicyclic) bond motifs is 1. The molecule has 0 radical (unpaired) electrons. The number of nitrogens with zero attached hydrogens (tertiary/aromatic N) is 4. The van der Waals surface area contributed by atoms with Crippen LogP contribution in [0.25, 0.3) is 11.2 Å². The number of nitrogen functional groups attached to an aromatic ring is 1. The molecule has 5 nitrogen and oxygen atoms in total. The maximum Gasteiger partial charge on any atom is 0.177 e. The predicted octanol–water partition coefficient (Wildman–Crippen LogP) is -0.153. The molecule has 0 aliphatic heterocycles. The monoisotopic (exact) mass is 159 g/mol. The fraction of sp³-hybridized carbons (Fsp3) is 0. The Morgan fingerprint density at radius 3 is 3.00 bits per heavy atom. The third-order valence-electron chi connectivity index (χ3n) is 1.50. The van der Waals surface area contributed by atoms with Crippen LogP contribution in [0.2, 0.25) is 0 Å². The Morgan fingerprint density at radius 2 is 2.25 bits per heavy atom. The van der Waals surface area contributed by atoms with Gasteiger partial charge in [0.05, 0.1) is 0 Å². The van der Waals surface area contributed by atoms with E-state index >= 15 is 0 Å². The number of aromatic nitrogens is 4. The van der Waals surface area contributed by atoms with Crippen LogP contribution in [0.3, 0.4) is 0 Å². The maximum absolute atomic E-state index is 5.53. The van der Waals surface area contributed by atoms with Crippen molar-refractivity contribution in [2.45, 2.75) is 0 Å². The molecule has 58 valence electrons. The molecule has 0 saturated carbocycles. The Labute approximate surface area is 68.3 Å². The van der Waals surface area contributed by atoms with Crippen molar-refractivity contribution >= 4 is 17.0 Å². The summed E-state index contributed by atoms with van der Waals surface area (Å²) in [4.78, 5) is 11.7. The Kier molecular flexibility index (Phi) is 1.21. The van der Waals surface area contributed by atoms with E-state index in [2.05, 4.69) is 21.0 Å². The number of rotatable bonds is 0. The van der Waals surface area contributed by atoms with Crippen LogP contribution in [0.5, 0.6) is 0 Å². The second kappa shape index (κ2) is 2.20. The second-order valence-electron chi connectivity index (χ2n) is 2.17. The lowest BCUT2D eigenvalue weighted by atomic mass is 10.5. The van der Waals surface area contributed by atoms with Gasteiger partial charge in [0.15, 0.2) is 17.0 Å². The summed E-state index contributed by atoms with van der Waals surface area (Å²) in [5, 5.41) is 0. The number of nitrogens with two attached hydrogens (primary N) is 1. The quantitative estimate of drug-likeness (QED) is 0.542. The number of imidazole rings is 1. The summed E-state index contributed by atoms with van der Waals surface area (Å²) in [5.74, 6) is 0.342. The molecule has 2 rings (SSSR count). The smallest absolute Gasteiger partial charge is 0.177 e. The zero-order valence-electron chi connectivity index (χ0n) is 6.10. The van der Waals surface area contributed by atoms with Gasteiger partial charge < -0.3 is 5.73 Å². The van der Waals surface area contributed by atoms with Gasteiger partial charge in [0.25, 0.3) is 0 Å². The van der Waals surface area contributed by atoms with Crippen LogP contribution in [0.1, 0.15) is 0 Å². The van der Waals surface area contributed by atoms with E-state index in [0.29, 0.717) is 17.0 Å². The van der Waals surface area contributed by atoms with Crippen LogP contribution in [-0.2, 0) is 0 Å². The molecule has 0 unspecified atom stereocenters. The highest BCUT2D eigenvalue weighted by molar-refractivity contribution is 5.81. The van der Waals surface area contributed by atoms with Gasteiger partial charge in [0.1, 0.15) is 12.7 Å². The van der Waals surface area contributed by atoms with Crippen LogP contribution >= 0.6 is 0 Å². The largest absolute Gasteiger partial charge is 0.382 e. The van der Waals surface area contributed by atoms with Crippen molar-refractivity contribution in [3.05, 3.63) is 12.7 Å². The first-order valence-corrected chi connectivity index (χ1v) is 3.23. The van der Waals surface area contributed by atoms with Gasteiger partial charge in [0, 0.05) is 6.04 Å². The Balaban J connectivity index is 2.91. The van der Waals surface area contributed by atoms with Crippen LogP contribution in [-0.4, -0.2) is 19.5 Å². The van der Waals surface area contributed by atoms with E-state index in [-0.39, 0.29) is 0 Å². The van der Waals surface area contributed by atoms with Crippen LogP contribution < -0.4 is 5.73 Å². The van der Waals surface area contributed by atoms with Crippen molar-refractivity contribution in [2.75, 3.05) is 5.73 Å². The molecule has 12 heavy (non-hydrogen) atoms. The molecule has 0 bridgehead atoms. The molecule has 5 heteroatoms. The van der Waals surface area contributed by atoms with E-state index in [1.54, 1.807) is 0 Å². The molecule has 0 spiro atoms. The number of terminal acetylenes is 1. The van der Waals surface area contributed by atoms with E-state index < -0.39 is 0 Å². The van der Waals surface area contributed by atoms with Gasteiger partial charge >= 0.3 is 0 Å². The highest BCUT2D eigenvalue weighted by atomic mass is 15.1. The average molecular weight is 159 g/mol. The third-order valence-corrected chi connectivity index (χ3v) is 1.50. The molecule has 0 aliphatic rings. The first kappa shape index (κ1) is 6.61. The summed E-state index contributed by atoms with van der Waals surface area (Å²) in [6, 6.07) is 2.39. The van der Waals surface area contributed by atoms with Gasteiger partial charge in [-0.2, -0.15) is 0 Å². The van der Waals surface area contributed by atoms with E-state index in [1.165, 1.54) is 17.2 Å². The normalized spacial score (nSPS) is 9.92. The SMILES string of the molecule is C#Cn1cnc2c(N)ncnc21. The molecular weight excluding hydrogens is 154 g/mol. The summed E-state index contributed by atoms with van der Waals surface area (Å²) < 4.78 is 1.45. The molecule has 2 aromatic rings. The molecule has 0 aliphatic carbocycles. The number of hydrogen-bond donors (Lipinski definition) is 1. The Morgan fingerprint density at radius 1 is 1.42 bits per heavy atom. The average Bonchev–Trinajstić information content (AvgIpc) is 2.49. The van der Waals surface area contributed by atoms with Crippen LogP contribution in [0, 0.1) is 12.5 Å². The molecule has 2 aromatic heterocycles. The number of hydrogen-bond acceptors (Lipinski definition) is 4. The standard InChI is InChI=1S/C7H5N5/c1-2-12-4-11-5-6(8)9-3-10-7(5)12/h1,3-4H,(H2,8,9,10). The first-order valence-electron chi connectivity index (χ1n) is 3.23. The summed E-state index contributed by atoms with van der Waals surface area (Å²) in [6.07, 6.45) is 8.02. The second-order valence-corrected chi connectivity index (χ2v) is 2.17. The molecule has 2 heterocycles. The molecule has 0 aromatic carbocycles. The van der Waals surface area contributed by atoms with Crippen LogP contribution in [0.4, 0.5) is 5.82 Å². The summed E-state index contributed by atoms with van der Waals surface area (Å²) in [5.41, 5.74) is 6.63. The zero-order chi connectivity index (χ0) is 8.55. The topological polar surface area (TPSA) is 69.6 Å². The van der Waals surface area contributed by atoms with Gasteiger partial charge in [0.2, 0.25) is 0 Å². The summed E-state index contributed by atoms with van der Waals surface area (Å²) in [7, 11) is 0. The molecule has 0 fully saturated rings. The van der Waals surface area contributed by atoms with E-state index in [4.69, 9.17) is 12.2 Å². The summed E-state index contributed by atoms with van der Waals surface area (Å²) in [6.45, 7) is 0. The molecule has 0 saturated heterocycles. The van der Waals surface area contributed by atoms with E-state index in [9.17, 15) is 0 Å². The van der Waals surface area contributed by atoms with Gasteiger partial charge in [-0.25, -0.2) is 19.5 Å². The Hall–Kier alpha value is -2.09. The van der Waals surface area contributed by atoms with Crippen molar-refractivity contribution in [3.63, 3.8) is 0 Å². The molecule has 2 N–H and O–H groups in total. The molecule has 0 atom stereocenters. The first-order chi connectivity index (χ1) is 5.83. The minimum Gasteiger partial charge on any atom is -0.382 e. The van der Waals surface area contributed by atoms with Gasteiger partial charge in [-0.1, -0.05) is 6.42 Å². The highest BCUT2D eigenvalue weighted by Gasteiger charge is 2.04. The van der Waals surface area contributed by atoms with Crippen molar-refractivity contribution in [1.29, 1.82) is 0 Å². The lowest BCUT2D eigenvalue weighted by molar-refractivity contribution is 1.11. The lowest BCUT2D eigenvalue weighted by Crippen LogP contribution is -1.94. The Bertz CT molecular complexity index is 464. The van der Waals surface area contributed by atoms with Crippen molar-refractivity contribution in [2.24, 2.45) is 0 Å². The van der Waals surface area contributed by atoms with Gasteiger partial charge in [-0.05, 0) is 0 Å². The van der Waals surface area contributed by atoms with Crippen molar-refractivity contribution in [3.8, 4) is 12.5 Å². The van der Waals surface area contributed by atoms with E-state index in [1.807, 2.05) is 0 Å². The minimum atomic E-state index is 0.342. The van der Waals surface area contributed by atoms with Crippen LogP contribution in [0.15, 0.2) is 12.7 Å². The maximum atomic E-state index is 5.53. The van der Waals surface area contributed by atoms with Crippen molar-refractivity contribution < 1.29 is 0 Å². The van der Waals surface area contributed by atoms with E-state index in [0.717, 1.165) is 0 Å². The minimum absolute atomic E-state index is 0.342. The van der Waals surface area contributed by atoms with Gasteiger partial charge in [-0.15, -0.1) is 0 Å². The fourth-order valence-electron chi connectivity index (χ4n) is 0.947. The lowest BCUT2D eigenvalue weighted by Gasteiger charge is -1.92. The molecule has 0 amide bonds. The highest BCUT2D eigenvalue weighted by Crippen LogP contribution is 2.12. The van der Waals surface area contributed by atoms with Crippen molar-refractivity contribution in [1.82, 2.24) is 19.5 Å². The van der Waals surface area contributed by atoms with Gasteiger partial charge in [-0.3, -0.25) is 0 Å². The number of anilines is 1. The third kappa shape index (κ3) is 0.720. The molecular formula is C7H5N5.